The SMILES string of the molecule is Cn1cnc(C(=O)c2cncs2)c1. The van der Waals surface area contributed by atoms with Gasteiger partial charge in [-0.25, -0.2) is 4.98 Å². The highest BCUT2D eigenvalue weighted by atomic mass is 32.1. The largest absolute Gasteiger partial charge is 0.340 e. The van der Waals surface area contributed by atoms with Crippen LogP contribution in [0.25, 0.3) is 0 Å². The fourth-order valence-electron chi connectivity index (χ4n) is 0.984. The molecule has 66 valence electrons. The Bertz CT molecular complexity index is 418. The van der Waals surface area contributed by atoms with E-state index in [0.717, 1.165) is 0 Å². The van der Waals surface area contributed by atoms with Crippen LogP contribution in [0.2, 0.25) is 0 Å². The Kier molecular flexibility index (Phi) is 1.94. The highest BCUT2D eigenvalue weighted by molar-refractivity contribution is 7.11. The number of hydrogen-bond donors (Lipinski definition) is 0. The molecule has 0 aliphatic heterocycles. The van der Waals surface area contributed by atoms with Gasteiger partial charge in [0.15, 0.2) is 0 Å². The number of hydrogen-bond acceptors (Lipinski definition) is 4. The Morgan fingerprint density at radius 3 is 3.00 bits per heavy atom. The summed E-state index contributed by atoms with van der Waals surface area (Å²) in [5.74, 6) is -0.0666. The number of ketones is 1. The number of thiazole rings is 1. The van der Waals surface area contributed by atoms with Gasteiger partial charge >= 0.3 is 0 Å². The van der Waals surface area contributed by atoms with Crippen molar-refractivity contribution in [1.29, 1.82) is 0 Å². The average molecular weight is 193 g/mol. The first-order chi connectivity index (χ1) is 6.27. The van der Waals surface area contributed by atoms with Crippen LogP contribution in [0.1, 0.15) is 15.4 Å². The van der Waals surface area contributed by atoms with Crippen molar-refractivity contribution in [2.75, 3.05) is 0 Å². The number of carbonyl (C=O) groups is 1. The topological polar surface area (TPSA) is 47.8 Å². The van der Waals surface area contributed by atoms with E-state index in [1.54, 1.807) is 28.8 Å². The van der Waals surface area contributed by atoms with Crippen molar-refractivity contribution in [2.45, 2.75) is 0 Å². The first kappa shape index (κ1) is 8.12. The maximum atomic E-state index is 11.6. The van der Waals surface area contributed by atoms with E-state index in [0.29, 0.717) is 10.6 Å². The lowest BCUT2D eigenvalue weighted by Gasteiger charge is -1.88. The molecule has 0 atom stereocenters. The van der Waals surface area contributed by atoms with Crippen LogP contribution in [0.3, 0.4) is 0 Å². The van der Waals surface area contributed by atoms with Gasteiger partial charge in [-0.3, -0.25) is 9.78 Å². The summed E-state index contributed by atoms with van der Waals surface area (Å²) >= 11 is 1.33. The van der Waals surface area contributed by atoms with E-state index in [1.807, 2.05) is 7.05 Å². The molecule has 0 saturated heterocycles. The van der Waals surface area contributed by atoms with E-state index in [2.05, 4.69) is 9.97 Å². The van der Waals surface area contributed by atoms with Crippen molar-refractivity contribution < 1.29 is 4.79 Å². The molecule has 0 bridgehead atoms. The Hall–Kier alpha value is -1.49. The van der Waals surface area contributed by atoms with Crippen LogP contribution >= 0.6 is 11.3 Å². The summed E-state index contributed by atoms with van der Waals surface area (Å²) in [5.41, 5.74) is 2.10. The lowest BCUT2D eigenvalue weighted by atomic mass is 10.3. The summed E-state index contributed by atoms with van der Waals surface area (Å²) in [6, 6.07) is 0. The third-order valence-corrected chi connectivity index (χ3v) is 2.37. The number of carbonyl (C=O) groups excluding carboxylic acids is 1. The summed E-state index contributed by atoms with van der Waals surface area (Å²) in [6.07, 6.45) is 4.86. The molecule has 2 rings (SSSR count). The molecule has 0 saturated carbocycles. The fourth-order valence-corrected chi connectivity index (χ4v) is 1.55. The van der Waals surface area contributed by atoms with Crippen LogP contribution in [0.5, 0.6) is 0 Å². The van der Waals surface area contributed by atoms with E-state index in [9.17, 15) is 4.79 Å². The molecule has 0 amide bonds. The lowest BCUT2D eigenvalue weighted by molar-refractivity contribution is 0.103. The van der Waals surface area contributed by atoms with Crippen molar-refractivity contribution in [3.63, 3.8) is 0 Å². The molecule has 0 fully saturated rings. The Morgan fingerprint density at radius 2 is 2.46 bits per heavy atom. The second-order valence-corrected chi connectivity index (χ2v) is 3.51. The summed E-state index contributed by atoms with van der Waals surface area (Å²) in [4.78, 5) is 20.0. The van der Waals surface area contributed by atoms with Gasteiger partial charge in [-0.1, -0.05) is 0 Å². The van der Waals surface area contributed by atoms with Crippen LogP contribution in [0.4, 0.5) is 0 Å². The van der Waals surface area contributed by atoms with E-state index in [4.69, 9.17) is 0 Å². The Labute approximate surface area is 78.9 Å². The smallest absolute Gasteiger partial charge is 0.224 e. The zero-order valence-corrected chi connectivity index (χ0v) is 7.78. The van der Waals surface area contributed by atoms with Crippen LogP contribution in [-0.4, -0.2) is 20.3 Å². The average Bonchev–Trinajstić information content (AvgIpc) is 2.72. The summed E-state index contributed by atoms with van der Waals surface area (Å²) in [5, 5.41) is 0. The van der Waals surface area contributed by atoms with Crippen molar-refractivity contribution >= 4 is 17.1 Å². The predicted molar refractivity (Wildman–Crippen MR) is 48.8 cm³/mol. The highest BCUT2D eigenvalue weighted by Gasteiger charge is 2.12. The fraction of sp³-hybridized carbons (Fsp3) is 0.125. The maximum absolute atomic E-state index is 11.6. The number of aryl methyl sites for hydroxylation is 1. The molecule has 13 heavy (non-hydrogen) atoms. The monoisotopic (exact) mass is 193 g/mol. The maximum Gasteiger partial charge on any atom is 0.224 e. The van der Waals surface area contributed by atoms with Gasteiger partial charge in [0.2, 0.25) is 5.78 Å². The molecule has 0 unspecified atom stereocenters. The highest BCUT2D eigenvalue weighted by Crippen LogP contribution is 2.11. The van der Waals surface area contributed by atoms with Crippen LogP contribution in [0.15, 0.2) is 24.2 Å². The Morgan fingerprint density at radius 1 is 1.62 bits per heavy atom. The molecular weight excluding hydrogens is 186 g/mol. The molecule has 4 nitrogen and oxygen atoms in total. The minimum Gasteiger partial charge on any atom is -0.340 e. The minimum atomic E-state index is -0.0666. The molecule has 0 radical (unpaired) electrons. The zero-order chi connectivity index (χ0) is 9.26. The lowest BCUT2D eigenvalue weighted by Crippen LogP contribution is -1.98. The second-order valence-electron chi connectivity index (χ2n) is 2.62. The third kappa shape index (κ3) is 1.50. The quantitative estimate of drug-likeness (QED) is 0.671. The first-order valence-corrected chi connectivity index (χ1v) is 4.56. The van der Waals surface area contributed by atoms with Crippen molar-refractivity contribution in [2.24, 2.45) is 7.05 Å². The molecule has 0 aliphatic carbocycles. The number of nitrogens with zero attached hydrogens (tertiary/aromatic N) is 3. The van der Waals surface area contributed by atoms with Gasteiger partial charge in [0.25, 0.3) is 0 Å². The van der Waals surface area contributed by atoms with E-state index in [1.165, 1.54) is 11.3 Å². The van der Waals surface area contributed by atoms with E-state index in [-0.39, 0.29) is 5.78 Å². The van der Waals surface area contributed by atoms with Crippen LogP contribution in [0, 0.1) is 0 Å². The molecule has 0 spiro atoms. The molecule has 0 aromatic carbocycles. The van der Waals surface area contributed by atoms with Gasteiger partial charge in [0.1, 0.15) is 5.69 Å². The third-order valence-electron chi connectivity index (χ3n) is 1.59. The normalized spacial score (nSPS) is 10.2. The molecule has 0 aliphatic rings. The first-order valence-electron chi connectivity index (χ1n) is 3.68. The molecule has 2 aromatic rings. The van der Waals surface area contributed by atoms with Gasteiger partial charge in [0.05, 0.1) is 16.7 Å². The van der Waals surface area contributed by atoms with Crippen molar-refractivity contribution in [3.8, 4) is 0 Å². The summed E-state index contributed by atoms with van der Waals surface area (Å²) in [7, 11) is 1.83. The molecule has 5 heteroatoms. The minimum absolute atomic E-state index is 0.0666. The second kappa shape index (κ2) is 3.10. The van der Waals surface area contributed by atoms with Gasteiger partial charge in [-0.15, -0.1) is 11.3 Å². The van der Waals surface area contributed by atoms with Crippen molar-refractivity contribution in [3.05, 3.63) is 34.8 Å². The molecule has 2 heterocycles. The number of imidazole rings is 1. The van der Waals surface area contributed by atoms with E-state index < -0.39 is 0 Å². The van der Waals surface area contributed by atoms with Gasteiger partial charge in [-0.2, -0.15) is 0 Å². The van der Waals surface area contributed by atoms with Crippen LogP contribution < -0.4 is 0 Å². The van der Waals surface area contributed by atoms with Gasteiger partial charge in [0, 0.05) is 19.4 Å². The molecule has 2 aromatic heterocycles. The predicted octanol–water partition coefficient (Wildman–Crippen LogP) is 1.11. The van der Waals surface area contributed by atoms with Crippen molar-refractivity contribution in [1.82, 2.24) is 14.5 Å². The number of rotatable bonds is 2. The molecule has 0 N–H and O–H groups in total. The summed E-state index contributed by atoms with van der Waals surface area (Å²) < 4.78 is 1.74. The standard InChI is InChI=1S/C8H7N3OS/c1-11-3-6(10-4-11)8(12)7-2-9-5-13-7/h2-5H,1H3. The van der Waals surface area contributed by atoms with Gasteiger partial charge < -0.3 is 4.57 Å². The van der Waals surface area contributed by atoms with Gasteiger partial charge in [-0.05, 0) is 0 Å². The number of aromatic nitrogens is 3. The molecular formula is C8H7N3OS. The Balaban J connectivity index is 2.33. The van der Waals surface area contributed by atoms with Crippen LogP contribution in [-0.2, 0) is 7.05 Å². The van der Waals surface area contributed by atoms with E-state index >= 15 is 0 Å². The summed E-state index contributed by atoms with van der Waals surface area (Å²) in [6.45, 7) is 0. The zero-order valence-electron chi connectivity index (χ0n) is 6.97.